The van der Waals surface area contributed by atoms with Gasteiger partial charge in [-0.3, -0.25) is 0 Å². The first-order valence-electron chi connectivity index (χ1n) is 16.1. The van der Waals surface area contributed by atoms with Gasteiger partial charge in [0, 0.05) is 54.0 Å². The van der Waals surface area contributed by atoms with Crippen molar-refractivity contribution in [1.82, 2.24) is 0 Å². The van der Waals surface area contributed by atoms with Crippen molar-refractivity contribution in [2.45, 2.75) is 152 Å². The maximum absolute atomic E-state index is 5.90. The van der Waals surface area contributed by atoms with Gasteiger partial charge >= 0.3 is 17.6 Å². The zero-order chi connectivity index (χ0) is 30.0. The van der Waals surface area contributed by atoms with Gasteiger partial charge in [-0.2, -0.15) is 0 Å². The molecule has 0 aromatic rings. The standard InChI is InChI=1S/C30H66O6S2Si2/c1-9-10-11-12-13-14-18-21-24-27-30(40(34-6,35-7)36-8)38-37-29(2)26-23-20-17-15-16-19-22-25-28-39(31-3,32-4)33-5/h29-30H,9-28H2,1-8H3. The third-order valence-corrected chi connectivity index (χ3v) is 18.4. The van der Waals surface area contributed by atoms with Crippen LogP contribution in [0.1, 0.15) is 136 Å². The van der Waals surface area contributed by atoms with Crippen LogP contribution in [0.4, 0.5) is 0 Å². The Morgan fingerprint density at radius 1 is 0.475 bits per heavy atom. The minimum atomic E-state index is -2.66. The predicted molar refractivity (Wildman–Crippen MR) is 180 cm³/mol. The van der Waals surface area contributed by atoms with E-state index in [1.54, 1.807) is 42.7 Å². The Balaban J connectivity index is 4.14. The second-order valence-electron chi connectivity index (χ2n) is 11.0. The van der Waals surface area contributed by atoms with Gasteiger partial charge in [-0.1, -0.05) is 138 Å². The average molecular weight is 643 g/mol. The zero-order valence-electron chi connectivity index (χ0n) is 27.6. The topological polar surface area (TPSA) is 55.4 Å². The maximum atomic E-state index is 5.90. The van der Waals surface area contributed by atoms with E-state index < -0.39 is 17.6 Å². The van der Waals surface area contributed by atoms with Gasteiger partial charge in [-0.25, -0.2) is 0 Å². The highest BCUT2D eigenvalue weighted by Gasteiger charge is 2.47. The molecule has 0 saturated heterocycles. The SMILES string of the molecule is CCCCCCCCCCCC(SSC(C)CCCCCCCCCC[Si](OC)(OC)OC)[Si](OC)(OC)OC. The van der Waals surface area contributed by atoms with Crippen LogP contribution in [0.2, 0.25) is 6.04 Å². The molecule has 0 aliphatic rings. The fourth-order valence-electron chi connectivity index (χ4n) is 5.17. The summed E-state index contributed by atoms with van der Waals surface area (Å²) in [5.41, 5.74) is 0. The summed E-state index contributed by atoms with van der Waals surface area (Å²) in [6, 6.07) is 0.910. The van der Waals surface area contributed by atoms with Gasteiger partial charge < -0.3 is 26.6 Å². The van der Waals surface area contributed by atoms with E-state index in [2.05, 4.69) is 13.8 Å². The van der Waals surface area contributed by atoms with E-state index in [-0.39, 0.29) is 4.87 Å². The molecule has 0 N–H and O–H groups in total. The van der Waals surface area contributed by atoms with Crippen LogP contribution >= 0.6 is 21.6 Å². The van der Waals surface area contributed by atoms with E-state index in [9.17, 15) is 0 Å². The molecular weight excluding hydrogens is 577 g/mol. The molecule has 0 rings (SSSR count). The molecule has 0 amide bonds. The molecule has 0 spiro atoms. The van der Waals surface area contributed by atoms with Crippen molar-refractivity contribution in [3.05, 3.63) is 0 Å². The second kappa shape index (κ2) is 27.4. The molecule has 242 valence electrons. The summed E-state index contributed by atoms with van der Waals surface area (Å²) in [6.45, 7) is 4.65. The Kier molecular flexibility index (Phi) is 28.1. The van der Waals surface area contributed by atoms with E-state index in [0.717, 1.165) is 18.9 Å². The van der Waals surface area contributed by atoms with Crippen molar-refractivity contribution in [2.75, 3.05) is 42.7 Å². The molecule has 2 atom stereocenters. The fraction of sp³-hybridized carbons (Fsp3) is 1.00. The van der Waals surface area contributed by atoms with Crippen molar-refractivity contribution < 1.29 is 26.6 Å². The molecular formula is C30H66O6S2Si2. The van der Waals surface area contributed by atoms with Crippen LogP contribution in [0.5, 0.6) is 0 Å². The first kappa shape index (κ1) is 40.9. The Morgan fingerprint density at radius 2 is 0.875 bits per heavy atom. The zero-order valence-corrected chi connectivity index (χ0v) is 31.2. The minimum absolute atomic E-state index is 0.286. The van der Waals surface area contributed by atoms with Crippen molar-refractivity contribution in [1.29, 1.82) is 0 Å². The van der Waals surface area contributed by atoms with E-state index in [4.69, 9.17) is 26.6 Å². The van der Waals surface area contributed by atoms with Crippen LogP contribution < -0.4 is 0 Å². The van der Waals surface area contributed by atoms with Crippen molar-refractivity contribution in [3.8, 4) is 0 Å². The lowest BCUT2D eigenvalue weighted by atomic mass is 10.1. The summed E-state index contributed by atoms with van der Waals surface area (Å²) in [6.07, 6.45) is 24.8. The molecule has 40 heavy (non-hydrogen) atoms. The summed E-state index contributed by atoms with van der Waals surface area (Å²) < 4.78 is 34.2. The van der Waals surface area contributed by atoms with Crippen LogP contribution in [-0.2, 0) is 26.6 Å². The first-order valence-corrected chi connectivity index (χ1v) is 22.1. The van der Waals surface area contributed by atoms with Gasteiger partial charge in [0.05, 0.1) is 4.87 Å². The summed E-state index contributed by atoms with van der Waals surface area (Å²) in [4.78, 5) is 0.286. The van der Waals surface area contributed by atoms with E-state index >= 15 is 0 Å². The second-order valence-corrected chi connectivity index (χ2v) is 20.5. The largest absolute Gasteiger partial charge is 0.514 e. The highest BCUT2D eigenvalue weighted by molar-refractivity contribution is 8.77. The third-order valence-electron chi connectivity index (χ3n) is 7.93. The lowest BCUT2D eigenvalue weighted by molar-refractivity contribution is 0.120. The van der Waals surface area contributed by atoms with Crippen molar-refractivity contribution >= 4 is 39.2 Å². The highest BCUT2D eigenvalue weighted by Crippen LogP contribution is 2.40. The number of rotatable bonds is 31. The van der Waals surface area contributed by atoms with Crippen molar-refractivity contribution in [2.24, 2.45) is 0 Å². The van der Waals surface area contributed by atoms with Crippen LogP contribution in [0, 0.1) is 0 Å². The quantitative estimate of drug-likeness (QED) is 0.0421. The van der Waals surface area contributed by atoms with Gasteiger partial charge in [0.1, 0.15) is 0 Å². The summed E-state index contributed by atoms with van der Waals surface area (Å²) >= 11 is 0. The molecule has 0 fully saturated rings. The molecule has 0 aliphatic carbocycles. The summed E-state index contributed by atoms with van der Waals surface area (Å²) in [5.74, 6) is 0. The molecule has 10 heteroatoms. The molecule has 0 radical (unpaired) electrons. The Morgan fingerprint density at radius 3 is 1.30 bits per heavy atom. The first-order chi connectivity index (χ1) is 19.4. The fourth-order valence-corrected chi connectivity index (χ4v) is 14.1. The van der Waals surface area contributed by atoms with Gasteiger partial charge in [0.2, 0.25) is 0 Å². The van der Waals surface area contributed by atoms with Crippen LogP contribution in [0.15, 0.2) is 0 Å². The Bertz CT molecular complexity index is 526. The molecule has 0 saturated carbocycles. The predicted octanol–water partition coefficient (Wildman–Crippen LogP) is 9.85. The summed E-state index contributed by atoms with van der Waals surface area (Å²) in [5, 5.41) is 0.625. The van der Waals surface area contributed by atoms with Gasteiger partial charge in [-0.05, 0) is 19.3 Å². The number of hydrogen-bond donors (Lipinski definition) is 0. The normalized spacial score (nSPS) is 14.1. The lowest BCUT2D eigenvalue weighted by Gasteiger charge is -2.32. The van der Waals surface area contributed by atoms with E-state index in [0.29, 0.717) is 5.25 Å². The van der Waals surface area contributed by atoms with Crippen LogP contribution in [-0.4, -0.2) is 70.4 Å². The maximum Gasteiger partial charge on any atom is 0.514 e. The number of unbranched alkanes of at least 4 members (excludes halogenated alkanes) is 15. The molecule has 0 aromatic heterocycles. The molecule has 2 unspecified atom stereocenters. The highest BCUT2D eigenvalue weighted by atomic mass is 33.1. The molecule has 0 aliphatic heterocycles. The Hall–Kier alpha value is 0.894. The average Bonchev–Trinajstić information content (AvgIpc) is 2.98. The molecule has 0 aromatic carbocycles. The molecule has 0 heterocycles. The minimum Gasteiger partial charge on any atom is -0.377 e. The van der Waals surface area contributed by atoms with E-state index in [1.165, 1.54) is 109 Å². The molecule has 6 nitrogen and oxygen atoms in total. The van der Waals surface area contributed by atoms with Crippen LogP contribution in [0.25, 0.3) is 0 Å². The van der Waals surface area contributed by atoms with E-state index in [1.807, 2.05) is 21.6 Å². The van der Waals surface area contributed by atoms with Gasteiger partial charge in [-0.15, -0.1) is 0 Å². The molecule has 0 bridgehead atoms. The smallest absolute Gasteiger partial charge is 0.377 e. The van der Waals surface area contributed by atoms with Crippen molar-refractivity contribution in [3.63, 3.8) is 0 Å². The number of hydrogen-bond acceptors (Lipinski definition) is 8. The van der Waals surface area contributed by atoms with Crippen LogP contribution in [0.3, 0.4) is 0 Å². The Labute approximate surface area is 259 Å². The van der Waals surface area contributed by atoms with Gasteiger partial charge in [0.25, 0.3) is 0 Å². The summed E-state index contributed by atoms with van der Waals surface area (Å²) in [7, 11) is 9.27. The lowest BCUT2D eigenvalue weighted by Crippen LogP contribution is -2.52. The third kappa shape index (κ3) is 18.5. The van der Waals surface area contributed by atoms with Gasteiger partial charge in [0.15, 0.2) is 0 Å². The monoisotopic (exact) mass is 642 g/mol.